The molecule has 5 nitrogen and oxygen atoms in total. The van der Waals surface area contributed by atoms with E-state index in [2.05, 4.69) is 29.0 Å². The molecular weight excluding hydrogens is 230 g/mol. The molecule has 1 saturated carbocycles. The van der Waals surface area contributed by atoms with E-state index in [0.717, 1.165) is 12.2 Å². The minimum Gasteiger partial charge on any atom is -0.460 e. The van der Waals surface area contributed by atoms with Crippen molar-refractivity contribution in [3.63, 3.8) is 0 Å². The lowest BCUT2D eigenvalue weighted by atomic mass is 9.68. The van der Waals surface area contributed by atoms with Crippen molar-refractivity contribution in [1.82, 2.24) is 15.2 Å². The highest BCUT2D eigenvalue weighted by Gasteiger charge is 2.35. The molecule has 2 rings (SSSR count). The van der Waals surface area contributed by atoms with Crippen LogP contribution in [0.4, 0.5) is 0 Å². The molecule has 1 unspecified atom stereocenters. The first kappa shape index (κ1) is 13.1. The number of hydrogen-bond acceptors (Lipinski definition) is 4. The van der Waals surface area contributed by atoms with Crippen molar-refractivity contribution in [2.24, 2.45) is 5.41 Å². The molecule has 1 aliphatic rings. The quantitative estimate of drug-likeness (QED) is 0.839. The van der Waals surface area contributed by atoms with Crippen LogP contribution in [0.3, 0.4) is 0 Å². The lowest BCUT2D eigenvalue weighted by Crippen LogP contribution is -2.27. The minimum atomic E-state index is -0.450. The van der Waals surface area contributed by atoms with Gasteiger partial charge in [0.05, 0.1) is 6.61 Å². The van der Waals surface area contributed by atoms with Crippen LogP contribution in [-0.2, 0) is 4.74 Å². The molecule has 0 aromatic carbocycles. The van der Waals surface area contributed by atoms with Gasteiger partial charge in [-0.1, -0.05) is 26.7 Å². The summed E-state index contributed by atoms with van der Waals surface area (Å²) in [6.45, 7) is 6.63. The Labute approximate surface area is 107 Å². The molecule has 0 spiro atoms. The fourth-order valence-electron chi connectivity index (χ4n) is 2.72. The number of esters is 1. The van der Waals surface area contributed by atoms with E-state index in [4.69, 9.17) is 4.74 Å². The first-order valence-corrected chi connectivity index (χ1v) is 6.64. The summed E-state index contributed by atoms with van der Waals surface area (Å²) in [5, 5.41) is 6.87. The SMILES string of the molecule is CCOC(=O)c1n[nH]c(C2CCCCC2(C)C)n1. The van der Waals surface area contributed by atoms with E-state index < -0.39 is 5.97 Å². The molecule has 1 heterocycles. The van der Waals surface area contributed by atoms with Gasteiger partial charge in [-0.25, -0.2) is 9.78 Å². The molecule has 18 heavy (non-hydrogen) atoms. The van der Waals surface area contributed by atoms with Crippen LogP contribution < -0.4 is 0 Å². The van der Waals surface area contributed by atoms with Crippen LogP contribution in [0, 0.1) is 5.41 Å². The van der Waals surface area contributed by atoms with Gasteiger partial charge in [0.25, 0.3) is 5.82 Å². The lowest BCUT2D eigenvalue weighted by Gasteiger charge is -2.37. The zero-order valence-corrected chi connectivity index (χ0v) is 11.3. The second-order valence-corrected chi connectivity index (χ2v) is 5.55. The fraction of sp³-hybridized carbons (Fsp3) is 0.769. The molecule has 1 aromatic heterocycles. The molecule has 0 bridgehead atoms. The van der Waals surface area contributed by atoms with Gasteiger partial charge < -0.3 is 4.74 Å². The van der Waals surface area contributed by atoms with Gasteiger partial charge in [0, 0.05) is 5.92 Å². The van der Waals surface area contributed by atoms with E-state index in [1.165, 1.54) is 19.3 Å². The summed E-state index contributed by atoms with van der Waals surface area (Å²) in [5.74, 6) is 0.867. The molecule has 1 atom stereocenters. The minimum absolute atomic E-state index is 0.147. The van der Waals surface area contributed by atoms with Crippen molar-refractivity contribution in [1.29, 1.82) is 0 Å². The molecule has 1 aliphatic carbocycles. The largest absolute Gasteiger partial charge is 0.460 e. The van der Waals surface area contributed by atoms with Crippen LogP contribution in [0.15, 0.2) is 0 Å². The van der Waals surface area contributed by atoms with Crippen molar-refractivity contribution in [3.8, 4) is 0 Å². The zero-order valence-electron chi connectivity index (χ0n) is 11.3. The Morgan fingerprint density at radius 2 is 2.28 bits per heavy atom. The summed E-state index contributed by atoms with van der Waals surface area (Å²) in [7, 11) is 0. The summed E-state index contributed by atoms with van der Waals surface area (Å²) in [4.78, 5) is 15.8. The predicted octanol–water partition coefficient (Wildman–Crippen LogP) is 2.67. The lowest BCUT2D eigenvalue weighted by molar-refractivity contribution is 0.0512. The summed E-state index contributed by atoms with van der Waals surface area (Å²) in [6.07, 6.45) is 4.77. The van der Waals surface area contributed by atoms with Gasteiger partial charge >= 0.3 is 5.97 Å². The number of nitrogens with one attached hydrogen (secondary N) is 1. The van der Waals surface area contributed by atoms with E-state index in [1.807, 2.05) is 0 Å². The average Bonchev–Trinajstić information content (AvgIpc) is 2.78. The average molecular weight is 251 g/mol. The van der Waals surface area contributed by atoms with Crippen molar-refractivity contribution in [2.75, 3.05) is 6.61 Å². The van der Waals surface area contributed by atoms with E-state index >= 15 is 0 Å². The van der Waals surface area contributed by atoms with Gasteiger partial charge in [0.1, 0.15) is 5.82 Å². The van der Waals surface area contributed by atoms with Gasteiger partial charge in [-0.15, -0.1) is 5.10 Å². The van der Waals surface area contributed by atoms with Gasteiger partial charge in [-0.2, -0.15) is 0 Å². The maximum atomic E-state index is 11.5. The first-order valence-electron chi connectivity index (χ1n) is 6.64. The molecule has 0 saturated heterocycles. The van der Waals surface area contributed by atoms with E-state index in [-0.39, 0.29) is 11.2 Å². The second-order valence-electron chi connectivity index (χ2n) is 5.55. The third-order valence-electron chi connectivity index (χ3n) is 3.80. The Balaban J connectivity index is 2.16. The van der Waals surface area contributed by atoms with Gasteiger partial charge in [0.15, 0.2) is 0 Å². The third kappa shape index (κ3) is 2.54. The Morgan fingerprint density at radius 3 is 2.94 bits per heavy atom. The van der Waals surface area contributed by atoms with Crippen molar-refractivity contribution >= 4 is 5.97 Å². The van der Waals surface area contributed by atoms with Crippen molar-refractivity contribution in [2.45, 2.75) is 52.4 Å². The molecule has 0 amide bonds. The van der Waals surface area contributed by atoms with Crippen LogP contribution >= 0.6 is 0 Å². The normalized spacial score (nSPS) is 22.7. The highest BCUT2D eigenvalue weighted by molar-refractivity contribution is 5.84. The molecule has 1 aromatic rings. The first-order chi connectivity index (χ1) is 8.54. The number of H-pyrrole nitrogens is 1. The van der Waals surface area contributed by atoms with Crippen LogP contribution in [0.5, 0.6) is 0 Å². The van der Waals surface area contributed by atoms with Crippen molar-refractivity contribution < 1.29 is 9.53 Å². The number of nitrogens with zero attached hydrogens (tertiary/aromatic N) is 2. The van der Waals surface area contributed by atoms with E-state index in [1.54, 1.807) is 6.92 Å². The summed E-state index contributed by atoms with van der Waals surface area (Å²) < 4.78 is 4.90. The topological polar surface area (TPSA) is 67.9 Å². The fourth-order valence-corrected chi connectivity index (χ4v) is 2.72. The Kier molecular flexibility index (Phi) is 3.68. The van der Waals surface area contributed by atoms with Crippen molar-refractivity contribution in [3.05, 3.63) is 11.6 Å². The van der Waals surface area contributed by atoms with Gasteiger partial charge in [-0.05, 0) is 25.2 Å². The van der Waals surface area contributed by atoms with E-state index in [0.29, 0.717) is 12.5 Å². The molecule has 1 N–H and O–H groups in total. The standard InChI is InChI=1S/C13H21N3O2/c1-4-18-12(17)11-14-10(15-16-11)9-7-5-6-8-13(9,2)3/h9H,4-8H2,1-3H3,(H,14,15,16). The third-order valence-corrected chi connectivity index (χ3v) is 3.80. The van der Waals surface area contributed by atoms with Crippen LogP contribution in [-0.4, -0.2) is 27.8 Å². The van der Waals surface area contributed by atoms with E-state index in [9.17, 15) is 4.79 Å². The maximum Gasteiger partial charge on any atom is 0.378 e. The number of aromatic amines is 1. The molecular formula is C13H21N3O2. The van der Waals surface area contributed by atoms with Gasteiger partial charge in [0.2, 0.25) is 0 Å². The number of ether oxygens (including phenoxy) is 1. The second kappa shape index (κ2) is 5.08. The summed E-state index contributed by atoms with van der Waals surface area (Å²) in [5.41, 5.74) is 0.212. The number of aromatic nitrogens is 3. The smallest absolute Gasteiger partial charge is 0.378 e. The zero-order chi connectivity index (χ0) is 13.2. The predicted molar refractivity (Wildman–Crippen MR) is 67.3 cm³/mol. The number of rotatable bonds is 3. The Morgan fingerprint density at radius 1 is 1.50 bits per heavy atom. The molecule has 5 heteroatoms. The van der Waals surface area contributed by atoms with Gasteiger partial charge in [-0.3, -0.25) is 5.10 Å². The number of carbonyl (C=O) groups is 1. The highest BCUT2D eigenvalue weighted by Crippen LogP contribution is 2.45. The molecule has 1 fully saturated rings. The monoisotopic (exact) mass is 251 g/mol. The van der Waals surface area contributed by atoms with Crippen LogP contribution in [0.1, 0.15) is 68.8 Å². The Bertz CT molecular complexity index is 426. The van der Waals surface area contributed by atoms with Crippen LogP contribution in [0.2, 0.25) is 0 Å². The number of carbonyl (C=O) groups excluding carboxylic acids is 1. The summed E-state index contributed by atoms with van der Waals surface area (Å²) in [6, 6.07) is 0. The summed E-state index contributed by atoms with van der Waals surface area (Å²) >= 11 is 0. The molecule has 100 valence electrons. The molecule has 0 aliphatic heterocycles. The van der Waals surface area contributed by atoms with Crippen LogP contribution in [0.25, 0.3) is 0 Å². The molecule has 0 radical (unpaired) electrons. The Hall–Kier alpha value is -1.39. The highest BCUT2D eigenvalue weighted by atomic mass is 16.5. The maximum absolute atomic E-state index is 11.5. The number of hydrogen-bond donors (Lipinski definition) is 1.